The summed E-state index contributed by atoms with van der Waals surface area (Å²) >= 11 is 0. The highest BCUT2D eigenvalue weighted by Crippen LogP contribution is 2.59. The quantitative estimate of drug-likeness (QED) is 0.327. The Balaban J connectivity index is 1.38. The molecular weight excluding hydrogens is 464 g/mol. The maximum Gasteiger partial charge on any atom is 0.410 e. The lowest BCUT2D eigenvalue weighted by Crippen LogP contribution is -2.59. The van der Waals surface area contributed by atoms with E-state index in [0.717, 1.165) is 19.3 Å². The number of methoxy groups -OCH3 is 1. The van der Waals surface area contributed by atoms with Gasteiger partial charge in [-0.05, 0) is 53.4 Å². The van der Waals surface area contributed by atoms with Crippen LogP contribution in [-0.2, 0) is 23.7 Å². The standard InChI is InChI=1S/C27H42N2O7/c1-7-15-33-24(30)28(8-2)16-19-12-14-29(19)25(31)35-20-11-13-27(17-34-27)23(22(20)32-6)26(5)21(36-26)10-9-18(3)4/h7,9,19-23H,1,8,10-17H2,2-6H3/t19-,20+,21+,22+,23?,26-,27-/m0/s1. The Morgan fingerprint density at radius 2 is 2.03 bits per heavy atom. The molecule has 0 bridgehead atoms. The minimum Gasteiger partial charge on any atom is -0.445 e. The Labute approximate surface area is 214 Å². The third kappa shape index (κ3) is 5.29. The van der Waals surface area contributed by atoms with Crippen molar-refractivity contribution in [1.82, 2.24) is 9.80 Å². The van der Waals surface area contributed by atoms with Crippen molar-refractivity contribution in [3.05, 3.63) is 24.3 Å². The van der Waals surface area contributed by atoms with E-state index >= 15 is 0 Å². The third-order valence-corrected chi connectivity index (χ3v) is 8.26. The topological polar surface area (TPSA) is 93.4 Å². The lowest BCUT2D eigenvalue weighted by atomic mass is 9.68. The van der Waals surface area contributed by atoms with Crippen molar-refractivity contribution in [2.45, 2.75) is 88.9 Å². The van der Waals surface area contributed by atoms with E-state index in [1.165, 1.54) is 11.6 Å². The Bertz CT molecular complexity index is 868. The summed E-state index contributed by atoms with van der Waals surface area (Å²) < 4.78 is 29.5. The monoisotopic (exact) mass is 506 g/mol. The van der Waals surface area contributed by atoms with Crippen molar-refractivity contribution >= 4 is 12.2 Å². The molecule has 1 aliphatic carbocycles. The van der Waals surface area contributed by atoms with E-state index in [1.54, 1.807) is 16.9 Å². The van der Waals surface area contributed by atoms with Gasteiger partial charge in [0.15, 0.2) is 0 Å². The number of hydrogen-bond donors (Lipinski definition) is 0. The maximum absolute atomic E-state index is 13.2. The van der Waals surface area contributed by atoms with E-state index in [-0.39, 0.29) is 54.2 Å². The highest BCUT2D eigenvalue weighted by Gasteiger charge is 2.72. The summed E-state index contributed by atoms with van der Waals surface area (Å²) in [5, 5.41) is 0. The van der Waals surface area contributed by atoms with Crippen LogP contribution in [-0.4, -0.2) is 97.5 Å². The van der Waals surface area contributed by atoms with Gasteiger partial charge in [0.25, 0.3) is 0 Å². The molecule has 1 spiro atoms. The molecule has 0 aromatic rings. The Hall–Kier alpha value is -2.10. The average Bonchev–Trinajstić information content (AvgIpc) is 3.74. The van der Waals surface area contributed by atoms with Crippen molar-refractivity contribution < 1.29 is 33.3 Å². The molecule has 4 fully saturated rings. The minimum atomic E-state index is -0.401. The van der Waals surface area contributed by atoms with Crippen LogP contribution in [0.4, 0.5) is 9.59 Å². The number of carbonyl (C=O) groups is 2. The van der Waals surface area contributed by atoms with Gasteiger partial charge in [-0.1, -0.05) is 24.3 Å². The van der Waals surface area contributed by atoms with E-state index in [1.807, 2.05) is 6.92 Å². The summed E-state index contributed by atoms with van der Waals surface area (Å²) in [5.41, 5.74) is 0.634. The molecule has 3 heterocycles. The van der Waals surface area contributed by atoms with Crippen molar-refractivity contribution in [2.24, 2.45) is 5.92 Å². The summed E-state index contributed by atoms with van der Waals surface area (Å²) in [6, 6.07) is -0.0926. The summed E-state index contributed by atoms with van der Waals surface area (Å²) in [6.45, 7) is 14.2. The van der Waals surface area contributed by atoms with Crippen LogP contribution in [0.25, 0.3) is 0 Å². The van der Waals surface area contributed by atoms with Gasteiger partial charge >= 0.3 is 12.2 Å². The predicted octanol–water partition coefficient (Wildman–Crippen LogP) is 3.92. The largest absolute Gasteiger partial charge is 0.445 e. The van der Waals surface area contributed by atoms with E-state index in [9.17, 15) is 9.59 Å². The molecule has 9 nitrogen and oxygen atoms in total. The van der Waals surface area contributed by atoms with Crippen LogP contribution in [0.15, 0.2) is 24.3 Å². The molecule has 1 saturated carbocycles. The van der Waals surface area contributed by atoms with Crippen molar-refractivity contribution in [1.29, 1.82) is 0 Å². The molecule has 36 heavy (non-hydrogen) atoms. The van der Waals surface area contributed by atoms with Gasteiger partial charge in [0.2, 0.25) is 0 Å². The summed E-state index contributed by atoms with van der Waals surface area (Å²) in [4.78, 5) is 28.8. The van der Waals surface area contributed by atoms with Crippen LogP contribution in [0.5, 0.6) is 0 Å². The predicted molar refractivity (Wildman–Crippen MR) is 134 cm³/mol. The molecule has 2 amide bonds. The zero-order chi connectivity index (χ0) is 26.1. The first-order valence-electron chi connectivity index (χ1n) is 13.2. The number of rotatable bonds is 10. The van der Waals surface area contributed by atoms with Crippen LogP contribution >= 0.6 is 0 Å². The van der Waals surface area contributed by atoms with Gasteiger partial charge in [-0.2, -0.15) is 0 Å². The fourth-order valence-electron chi connectivity index (χ4n) is 5.95. The molecule has 3 aliphatic heterocycles. The van der Waals surface area contributed by atoms with E-state index < -0.39 is 6.09 Å². The fraction of sp³-hybridized carbons (Fsp3) is 0.778. The second-order valence-corrected chi connectivity index (χ2v) is 10.8. The number of amides is 2. The van der Waals surface area contributed by atoms with Crippen LogP contribution in [0.1, 0.15) is 53.4 Å². The van der Waals surface area contributed by atoms with Crippen molar-refractivity contribution in [3.63, 3.8) is 0 Å². The first kappa shape index (κ1) is 26.9. The van der Waals surface area contributed by atoms with Gasteiger partial charge < -0.3 is 33.5 Å². The third-order valence-electron chi connectivity index (χ3n) is 8.26. The fourth-order valence-corrected chi connectivity index (χ4v) is 5.95. The van der Waals surface area contributed by atoms with Crippen LogP contribution in [0.3, 0.4) is 0 Å². The van der Waals surface area contributed by atoms with Crippen molar-refractivity contribution in [3.8, 4) is 0 Å². The molecule has 4 rings (SSSR count). The van der Waals surface area contributed by atoms with Crippen LogP contribution < -0.4 is 0 Å². The molecule has 9 heteroatoms. The highest BCUT2D eigenvalue weighted by molar-refractivity contribution is 5.70. The summed E-state index contributed by atoms with van der Waals surface area (Å²) in [5.74, 6) is -0.0143. The Morgan fingerprint density at radius 1 is 1.28 bits per heavy atom. The number of hydrogen-bond acceptors (Lipinski definition) is 7. The molecule has 0 N–H and O–H groups in total. The molecule has 202 valence electrons. The first-order chi connectivity index (χ1) is 17.2. The second-order valence-electron chi connectivity index (χ2n) is 10.8. The normalized spacial score (nSPS) is 36.5. The number of likely N-dealkylation sites (N-methyl/N-ethyl adjacent to an activating group) is 1. The SMILES string of the molecule is C=CCOC(=O)N(CC)C[C@@H]1CCN1C(=O)O[C@@H]1CC[C@]2(CO2)C([C@@]2(C)O[C@@H]2CC=C(C)C)[C@@H]1OC. The molecule has 0 radical (unpaired) electrons. The van der Waals surface area contributed by atoms with Crippen LogP contribution in [0.2, 0.25) is 0 Å². The highest BCUT2D eigenvalue weighted by atomic mass is 16.6. The average molecular weight is 507 g/mol. The molecule has 3 saturated heterocycles. The first-order valence-corrected chi connectivity index (χ1v) is 13.2. The molecule has 4 aliphatic rings. The van der Waals surface area contributed by atoms with Crippen molar-refractivity contribution in [2.75, 3.05) is 40.0 Å². The van der Waals surface area contributed by atoms with Gasteiger partial charge in [0.05, 0.1) is 24.7 Å². The maximum atomic E-state index is 13.2. The molecular formula is C27H42N2O7. The molecule has 0 aromatic heterocycles. The van der Waals surface area contributed by atoms with Gasteiger partial charge in [0.1, 0.15) is 30.0 Å². The van der Waals surface area contributed by atoms with Gasteiger partial charge in [-0.15, -0.1) is 0 Å². The minimum absolute atomic E-state index is 0.0143. The number of carbonyl (C=O) groups excluding carboxylic acids is 2. The number of nitrogens with zero attached hydrogens (tertiary/aromatic N) is 2. The van der Waals surface area contributed by atoms with Gasteiger partial charge in [0, 0.05) is 26.7 Å². The summed E-state index contributed by atoms with van der Waals surface area (Å²) in [7, 11) is 1.68. The molecule has 1 unspecified atom stereocenters. The lowest BCUT2D eigenvalue weighted by molar-refractivity contribution is -0.125. The van der Waals surface area contributed by atoms with Crippen LogP contribution in [0, 0.1) is 5.92 Å². The smallest absolute Gasteiger partial charge is 0.410 e. The van der Waals surface area contributed by atoms with E-state index in [0.29, 0.717) is 32.7 Å². The lowest BCUT2D eigenvalue weighted by Gasteiger charge is -2.45. The Kier molecular flexibility index (Phi) is 8.02. The molecule has 0 aromatic carbocycles. The van der Waals surface area contributed by atoms with E-state index in [2.05, 4.69) is 33.4 Å². The molecule has 7 atom stereocenters. The van der Waals surface area contributed by atoms with Gasteiger partial charge in [-0.3, -0.25) is 0 Å². The zero-order valence-electron chi connectivity index (χ0n) is 22.4. The summed E-state index contributed by atoms with van der Waals surface area (Å²) in [6.07, 6.45) is 5.55. The zero-order valence-corrected chi connectivity index (χ0v) is 22.4. The number of allylic oxidation sites excluding steroid dienone is 1. The second kappa shape index (κ2) is 10.7. The Morgan fingerprint density at radius 3 is 2.58 bits per heavy atom. The number of ether oxygens (including phenoxy) is 5. The van der Waals surface area contributed by atoms with E-state index in [4.69, 9.17) is 23.7 Å². The van der Waals surface area contributed by atoms with Gasteiger partial charge in [-0.25, -0.2) is 9.59 Å². The number of epoxide rings is 2. The number of likely N-dealkylation sites (tertiary alicyclic amines) is 1.